The number of primary amides is 2. The number of nitrogen functional groups attached to an aromatic ring is 1. The van der Waals surface area contributed by atoms with Gasteiger partial charge in [0.25, 0.3) is 11.8 Å². The molecular weight excluding hydrogens is 234 g/mol. The van der Waals surface area contributed by atoms with Crippen LogP contribution in [0.2, 0.25) is 0 Å². The van der Waals surface area contributed by atoms with Crippen LogP contribution in [0.25, 0.3) is 5.69 Å². The fourth-order valence-corrected chi connectivity index (χ4v) is 1.56. The van der Waals surface area contributed by atoms with Gasteiger partial charge in [-0.15, -0.1) is 0 Å². The number of para-hydroxylation sites is 1. The molecule has 18 heavy (non-hydrogen) atoms. The first kappa shape index (κ1) is 11.6. The summed E-state index contributed by atoms with van der Waals surface area (Å²) in [4.78, 5) is 22.1. The van der Waals surface area contributed by atoms with Crippen molar-refractivity contribution in [2.45, 2.75) is 0 Å². The number of carbonyl (C=O) groups excluding carboxylic acids is 2. The molecular formula is C11H11N5O2. The van der Waals surface area contributed by atoms with Gasteiger partial charge in [-0.1, -0.05) is 6.07 Å². The summed E-state index contributed by atoms with van der Waals surface area (Å²) in [6, 6.07) is 6.25. The second-order valence-electron chi connectivity index (χ2n) is 3.61. The Bertz CT molecular complexity index is 632. The molecule has 0 unspecified atom stereocenters. The van der Waals surface area contributed by atoms with E-state index in [0.29, 0.717) is 5.69 Å². The molecule has 0 saturated heterocycles. The molecule has 1 aromatic carbocycles. The van der Waals surface area contributed by atoms with Gasteiger partial charge in [0.1, 0.15) is 5.69 Å². The summed E-state index contributed by atoms with van der Waals surface area (Å²) in [7, 11) is 0. The molecule has 0 saturated carbocycles. The predicted molar refractivity (Wildman–Crippen MR) is 65.0 cm³/mol. The minimum absolute atomic E-state index is 0.110. The van der Waals surface area contributed by atoms with E-state index in [4.69, 9.17) is 17.2 Å². The van der Waals surface area contributed by atoms with E-state index in [1.807, 2.05) is 0 Å². The average Bonchev–Trinajstić information content (AvgIpc) is 2.78. The molecule has 2 rings (SSSR count). The Morgan fingerprint density at radius 1 is 1.11 bits per heavy atom. The number of aromatic nitrogens is 2. The van der Waals surface area contributed by atoms with Crippen molar-refractivity contribution in [3.63, 3.8) is 0 Å². The smallest absolute Gasteiger partial charge is 0.269 e. The van der Waals surface area contributed by atoms with E-state index in [2.05, 4.69) is 5.10 Å². The zero-order valence-electron chi connectivity index (χ0n) is 9.33. The summed E-state index contributed by atoms with van der Waals surface area (Å²) in [5.74, 6) is -1.27. The van der Waals surface area contributed by atoms with Gasteiger partial charge in [0, 0.05) is 6.20 Å². The molecule has 0 bridgehead atoms. The van der Waals surface area contributed by atoms with Crippen LogP contribution in [0, 0.1) is 0 Å². The van der Waals surface area contributed by atoms with Crippen LogP contribution in [0.4, 0.5) is 5.69 Å². The molecule has 0 atom stereocenters. The second-order valence-corrected chi connectivity index (χ2v) is 3.61. The Morgan fingerprint density at radius 3 is 2.39 bits per heavy atom. The summed E-state index contributed by atoms with van der Waals surface area (Å²) < 4.78 is 1.36. The van der Waals surface area contributed by atoms with Crippen molar-refractivity contribution in [1.82, 2.24) is 9.78 Å². The maximum absolute atomic E-state index is 11.2. The lowest BCUT2D eigenvalue weighted by Gasteiger charge is -2.08. The number of benzene rings is 1. The fraction of sp³-hybridized carbons (Fsp3) is 0. The van der Waals surface area contributed by atoms with Gasteiger partial charge in [-0.3, -0.25) is 9.59 Å². The topological polar surface area (TPSA) is 130 Å². The lowest BCUT2D eigenvalue weighted by molar-refractivity contribution is 0.0989. The first-order valence-electron chi connectivity index (χ1n) is 5.05. The molecule has 2 amide bonds. The summed E-state index contributed by atoms with van der Waals surface area (Å²) >= 11 is 0. The molecule has 0 aliphatic carbocycles. The summed E-state index contributed by atoms with van der Waals surface area (Å²) in [6.07, 6.45) is 1.52. The highest BCUT2D eigenvalue weighted by molar-refractivity contribution is 5.99. The maximum atomic E-state index is 11.2. The lowest BCUT2D eigenvalue weighted by atomic mass is 10.1. The number of anilines is 1. The standard InChI is InChI=1S/C11H11N5O2/c12-9-6(10(13)17)2-1-3-8(9)16-5-4-7(15-16)11(14)18/h1-5H,12H2,(H2,13,17)(H2,14,18). The van der Waals surface area contributed by atoms with Crippen LogP contribution in [-0.4, -0.2) is 21.6 Å². The number of nitrogens with two attached hydrogens (primary N) is 3. The van der Waals surface area contributed by atoms with E-state index in [9.17, 15) is 9.59 Å². The highest BCUT2D eigenvalue weighted by Gasteiger charge is 2.12. The monoisotopic (exact) mass is 245 g/mol. The van der Waals surface area contributed by atoms with Crippen molar-refractivity contribution in [3.8, 4) is 5.69 Å². The number of hydrogen-bond donors (Lipinski definition) is 3. The Hall–Kier alpha value is -2.83. The molecule has 6 N–H and O–H groups in total. The molecule has 0 spiro atoms. The van der Waals surface area contributed by atoms with Crippen LogP contribution in [-0.2, 0) is 0 Å². The number of hydrogen-bond acceptors (Lipinski definition) is 4. The molecule has 2 aromatic rings. The van der Waals surface area contributed by atoms with E-state index in [1.54, 1.807) is 12.1 Å². The van der Waals surface area contributed by atoms with Gasteiger partial charge in [0.2, 0.25) is 0 Å². The van der Waals surface area contributed by atoms with Crippen molar-refractivity contribution in [2.24, 2.45) is 11.5 Å². The van der Waals surface area contributed by atoms with Crippen LogP contribution in [0.15, 0.2) is 30.5 Å². The van der Waals surface area contributed by atoms with Crippen LogP contribution in [0.3, 0.4) is 0 Å². The molecule has 0 aliphatic heterocycles. The van der Waals surface area contributed by atoms with Crippen molar-refractivity contribution in [1.29, 1.82) is 0 Å². The normalized spacial score (nSPS) is 10.2. The molecule has 92 valence electrons. The van der Waals surface area contributed by atoms with Crippen LogP contribution in [0.1, 0.15) is 20.8 Å². The van der Waals surface area contributed by atoms with Crippen molar-refractivity contribution >= 4 is 17.5 Å². The fourth-order valence-electron chi connectivity index (χ4n) is 1.56. The third-order valence-electron chi connectivity index (χ3n) is 2.44. The largest absolute Gasteiger partial charge is 0.396 e. The summed E-state index contributed by atoms with van der Waals surface area (Å²) in [6.45, 7) is 0. The van der Waals surface area contributed by atoms with E-state index >= 15 is 0 Å². The van der Waals surface area contributed by atoms with Crippen molar-refractivity contribution in [3.05, 3.63) is 41.7 Å². The minimum Gasteiger partial charge on any atom is -0.396 e. The molecule has 7 heteroatoms. The van der Waals surface area contributed by atoms with Gasteiger partial charge >= 0.3 is 0 Å². The SMILES string of the molecule is NC(=O)c1ccn(-c2cccc(C(N)=O)c2N)n1. The van der Waals surface area contributed by atoms with Crippen LogP contribution < -0.4 is 17.2 Å². The predicted octanol–water partition coefficient (Wildman–Crippen LogP) is -0.348. The molecule has 1 aromatic heterocycles. The van der Waals surface area contributed by atoms with E-state index in [1.165, 1.54) is 23.0 Å². The molecule has 0 radical (unpaired) electrons. The van der Waals surface area contributed by atoms with Gasteiger partial charge in [-0.25, -0.2) is 4.68 Å². The summed E-state index contributed by atoms with van der Waals surface area (Å²) in [5, 5.41) is 3.95. The zero-order valence-corrected chi connectivity index (χ0v) is 9.33. The lowest BCUT2D eigenvalue weighted by Crippen LogP contribution is -2.16. The highest BCUT2D eigenvalue weighted by atomic mass is 16.1. The highest BCUT2D eigenvalue weighted by Crippen LogP contribution is 2.20. The molecule has 7 nitrogen and oxygen atoms in total. The third kappa shape index (κ3) is 1.88. The van der Waals surface area contributed by atoms with Crippen LogP contribution in [0.5, 0.6) is 0 Å². The third-order valence-corrected chi connectivity index (χ3v) is 2.44. The van der Waals surface area contributed by atoms with Crippen molar-refractivity contribution < 1.29 is 9.59 Å². The Kier molecular flexibility index (Phi) is 2.72. The first-order chi connectivity index (χ1) is 8.50. The van der Waals surface area contributed by atoms with E-state index < -0.39 is 11.8 Å². The number of amides is 2. The zero-order chi connectivity index (χ0) is 13.3. The van der Waals surface area contributed by atoms with Gasteiger partial charge < -0.3 is 17.2 Å². The Labute approximate surface area is 102 Å². The second kappa shape index (κ2) is 4.21. The maximum Gasteiger partial charge on any atom is 0.269 e. The Balaban J connectivity index is 2.53. The number of carbonyl (C=O) groups is 2. The van der Waals surface area contributed by atoms with Gasteiger partial charge in [0.15, 0.2) is 0 Å². The van der Waals surface area contributed by atoms with E-state index in [-0.39, 0.29) is 16.9 Å². The molecule has 0 fully saturated rings. The molecule has 0 aliphatic rings. The minimum atomic E-state index is -0.640. The first-order valence-corrected chi connectivity index (χ1v) is 5.05. The van der Waals surface area contributed by atoms with Gasteiger partial charge in [-0.05, 0) is 18.2 Å². The van der Waals surface area contributed by atoms with Gasteiger partial charge in [-0.2, -0.15) is 5.10 Å². The number of nitrogens with zero attached hydrogens (tertiary/aromatic N) is 2. The molecule has 1 heterocycles. The quantitative estimate of drug-likeness (QED) is 0.638. The van der Waals surface area contributed by atoms with Crippen LogP contribution >= 0.6 is 0 Å². The van der Waals surface area contributed by atoms with E-state index in [0.717, 1.165) is 0 Å². The van der Waals surface area contributed by atoms with Crippen molar-refractivity contribution in [2.75, 3.05) is 5.73 Å². The number of rotatable bonds is 3. The Morgan fingerprint density at radius 2 is 1.83 bits per heavy atom. The van der Waals surface area contributed by atoms with Gasteiger partial charge in [0.05, 0.1) is 16.9 Å². The summed E-state index contributed by atoms with van der Waals surface area (Å²) in [5.41, 5.74) is 17.1. The average molecular weight is 245 g/mol.